The Balaban J connectivity index is 3.55. The van der Waals surface area contributed by atoms with Crippen LogP contribution in [0, 0.1) is 0 Å². The second-order valence-corrected chi connectivity index (χ2v) is 167. The zero-order chi connectivity index (χ0) is 65.7. The first kappa shape index (κ1) is 111. The molecule has 1 heterocycles. The van der Waals surface area contributed by atoms with Gasteiger partial charge in [0.15, 0.2) is 3.34 Å². The van der Waals surface area contributed by atoms with Gasteiger partial charge in [0.2, 0.25) is 0 Å². The van der Waals surface area contributed by atoms with Crippen LogP contribution in [0.1, 0.15) is 22.3 Å². The van der Waals surface area contributed by atoms with Crippen LogP contribution in [0.2, 0.25) is 0 Å². The van der Waals surface area contributed by atoms with Crippen LogP contribution in [0.4, 0.5) is 0 Å². The molecule has 0 aromatic heterocycles. The van der Waals surface area contributed by atoms with E-state index in [1.54, 1.807) is 0 Å². The second-order valence-electron chi connectivity index (χ2n) is 15.2. The molecule has 1 aliphatic heterocycles. The van der Waals surface area contributed by atoms with Crippen molar-refractivity contribution in [1.82, 2.24) is 0 Å². The van der Waals surface area contributed by atoms with E-state index in [0.717, 1.165) is 28.0 Å². The number of fused-ring (bicyclic) bond motifs is 1. The van der Waals surface area contributed by atoms with Gasteiger partial charge in [0.1, 0.15) is 35.2 Å². The van der Waals surface area contributed by atoms with Crippen LogP contribution in [0.15, 0.2) is 0 Å². The number of hydrogen-bond donors (Lipinski definition) is 1. The van der Waals surface area contributed by atoms with Gasteiger partial charge in [-0.2, -0.15) is 0 Å². The van der Waals surface area contributed by atoms with Crippen molar-refractivity contribution in [2.45, 2.75) is 27.1 Å². The molecule has 0 fully saturated rings. The molecule has 1 aliphatic rings. The number of rotatable bonds is 20. The quantitative estimate of drug-likeness (QED) is 0.104. The summed E-state index contributed by atoms with van der Waals surface area (Å²) in [5.74, 6) is 1.22. The lowest BCUT2D eigenvalue weighted by atomic mass is 9.83. The maximum absolute atomic E-state index is 13.0. The van der Waals surface area contributed by atoms with Gasteiger partial charge in [0.25, 0.3) is 0 Å². The maximum Gasteiger partial charge on any atom is 0.193 e. The van der Waals surface area contributed by atoms with Crippen molar-refractivity contribution in [1.29, 1.82) is 0 Å². The van der Waals surface area contributed by atoms with Crippen LogP contribution in [-0.4, -0.2) is 32.4 Å². The summed E-state index contributed by atoms with van der Waals surface area (Å²) in [6, 6.07) is 0. The van der Waals surface area contributed by atoms with Crippen LogP contribution in [0.5, 0.6) is 11.5 Å². The summed E-state index contributed by atoms with van der Waals surface area (Å²) in [6.07, 6.45) is 0. The molecular weight excluding hydrogens is 6600 g/mol. The number of ether oxygens (including phenoxy) is 1. The summed E-state index contributed by atoms with van der Waals surface area (Å²) < 4.78 is -1.37. The Labute approximate surface area is 1140 Å². The molecule has 2 rings (SSSR count). The van der Waals surface area contributed by atoms with Gasteiger partial charge in [-0.05, 0) is 203 Å². The molecule has 0 amide bonds. The monoisotopic (exact) mass is 6600 g/mol. The van der Waals surface area contributed by atoms with E-state index in [1.807, 2.05) is 0 Å². The SMILES string of the molecule is Oc1c(C(I)(I)I)c(C(I)(I)I)c2c(c1C(I)(I)I)C(I)(I)C(I)(I)[C@@](C(I)(I)I)(C(I)(I)C(I)(I)C(I)(I)[C@](I)(C(I)(I)I)C(I)(I)C(I)(I)C(I)(I)[C@](I)(C(I)(I)I)C(I)(I)C(I)(I)C(I)(I)C(I)(C(I)(I)I)C(I)(I)I)O2. The number of hydrogen-bond acceptors (Lipinski definition) is 2. The molecule has 0 bridgehead atoms. The Morgan fingerprint density at radius 1 is 0.287 bits per heavy atom. The van der Waals surface area contributed by atoms with Crippen molar-refractivity contribution < 1.29 is 9.84 Å². The maximum atomic E-state index is 13.0. The Morgan fingerprint density at radius 3 is 0.750 bits per heavy atom. The molecule has 1 aromatic rings. The van der Waals surface area contributed by atoms with E-state index >= 15 is 0 Å². The predicted octanol–water partition coefficient (Wildman–Crippen LogP) is 39.8. The van der Waals surface area contributed by atoms with Crippen LogP contribution >= 0.6 is 1110 Å². The fourth-order valence-electron chi connectivity index (χ4n) is 6.73. The number of aromatic hydroxyl groups is 1. The lowest BCUT2D eigenvalue weighted by molar-refractivity contribution is 0.0652. The van der Waals surface area contributed by atoms with Gasteiger partial charge >= 0.3 is 0 Å². The Kier molecular flexibility index (Phi) is 54.3. The highest BCUT2D eigenvalue weighted by Gasteiger charge is 2.90. The highest BCUT2D eigenvalue weighted by atomic mass is 127. The van der Waals surface area contributed by atoms with Crippen molar-refractivity contribution in [2.75, 3.05) is 0 Å². The molecule has 0 unspecified atom stereocenters. The van der Waals surface area contributed by atoms with Crippen LogP contribution in [-0.2, 0) is -0.266 Å². The lowest BCUT2D eigenvalue weighted by Crippen LogP contribution is -2.82. The standard InChI is InChI=1S/C29HI49O2/c30-7(31)3-1(8(32,33)34)5(79)2(9(35,36)37)4(10(38,39)40)6(3)80-14(15(7,44)45,29(76,77)78)21(56,57)24(62,63)19(52,53)12(42,26(67,68)69)17(48,49)22(58,59)16(46,47)11(41,25(64,65)66)18(50,51)23(60,61)20(54,55)13(43,27(70,71)72)28(73,74)75/h79H/t11-,12+,14+/m1/s1. The van der Waals surface area contributed by atoms with E-state index in [4.69, 9.17) is 4.74 Å². The summed E-state index contributed by atoms with van der Waals surface area (Å²) in [5.41, 5.74) is 2.92. The molecule has 1 aromatic carbocycles. The summed E-state index contributed by atoms with van der Waals surface area (Å²) in [4.78, 5) is 0. The first-order valence-electron chi connectivity index (χ1n) is 17.1. The smallest absolute Gasteiger partial charge is 0.193 e. The highest BCUT2D eigenvalue weighted by molar-refractivity contribution is 14.3. The average molecular weight is 6600 g/mol. The average Bonchev–Trinajstić information content (AvgIpc) is 3.16. The topological polar surface area (TPSA) is 29.5 Å². The number of phenols is 1. The molecule has 0 saturated heterocycles. The fourth-order valence-corrected chi connectivity index (χ4v) is 96.6. The van der Waals surface area contributed by atoms with Gasteiger partial charge in [0.05, 0.1) is 0 Å². The molecule has 472 valence electrons. The summed E-state index contributed by atoms with van der Waals surface area (Å²) >= 11 is 136. The number of phenolic OH excluding ortho intramolecular Hbond substituents is 1. The van der Waals surface area contributed by atoms with Gasteiger partial charge in [-0.1, -0.05) is 904 Å². The van der Waals surface area contributed by atoms with Crippen molar-refractivity contribution in [3.63, 3.8) is 0 Å². The molecule has 0 spiro atoms. The Hall–Kier alpha value is 34.6. The molecule has 1 N–H and O–H groups in total. The zero-order valence-electron chi connectivity index (χ0n) is 33.9. The van der Waals surface area contributed by atoms with Gasteiger partial charge in [-0.15, -0.1) is 0 Å². The minimum atomic E-state index is -0.952. The van der Waals surface area contributed by atoms with Crippen molar-refractivity contribution in [3.8, 4) is 11.5 Å². The normalized spacial score (nSPS) is 21.4. The third-order valence-corrected chi connectivity index (χ3v) is 121. The molecule has 2 nitrogen and oxygen atoms in total. The van der Waals surface area contributed by atoms with Crippen LogP contribution < -0.4 is 4.74 Å². The Bertz CT molecular complexity index is 2500. The van der Waals surface area contributed by atoms with Gasteiger partial charge in [0, 0.05) is 22.3 Å². The molecule has 0 radical (unpaired) electrons. The first-order valence-corrected chi connectivity index (χ1v) is 70.0. The number of benzene rings is 1. The van der Waals surface area contributed by atoms with Crippen LogP contribution in [0.25, 0.3) is 0 Å². The van der Waals surface area contributed by atoms with Crippen molar-refractivity contribution in [3.05, 3.63) is 22.3 Å². The highest BCUT2D eigenvalue weighted by Crippen LogP contribution is 2.89. The molecule has 51 heteroatoms. The fraction of sp³-hybridized carbons (Fsp3) is 0.793. The molecular formula is C29HI49O2. The minimum Gasteiger partial charge on any atom is -0.507 e. The van der Waals surface area contributed by atoms with Crippen LogP contribution in [0.3, 0.4) is 0 Å². The van der Waals surface area contributed by atoms with Gasteiger partial charge < -0.3 is 9.84 Å². The first-order chi connectivity index (χ1) is 33.7. The molecule has 80 heavy (non-hydrogen) atoms. The summed E-state index contributed by atoms with van der Waals surface area (Å²) in [6.45, 7) is 0. The molecule has 0 aliphatic carbocycles. The summed E-state index contributed by atoms with van der Waals surface area (Å²) in [7, 11) is 0. The van der Waals surface area contributed by atoms with E-state index in [0.29, 0.717) is 5.75 Å². The molecule has 0 saturated carbocycles. The minimum absolute atomic E-state index is 0.144. The second kappa shape index (κ2) is 39.2. The third kappa shape index (κ3) is 21.0. The van der Waals surface area contributed by atoms with Gasteiger partial charge in [-0.3, -0.25) is 0 Å². The van der Waals surface area contributed by atoms with Crippen molar-refractivity contribution >= 4 is 1110 Å². The largest absolute Gasteiger partial charge is 0.507 e. The molecule has 3 atom stereocenters. The summed E-state index contributed by atoms with van der Waals surface area (Å²) in [5, 5.41) is 13.0. The van der Waals surface area contributed by atoms with E-state index in [1.165, 1.54) is 0 Å². The van der Waals surface area contributed by atoms with E-state index in [9.17, 15) is 5.11 Å². The lowest BCUT2D eigenvalue weighted by Gasteiger charge is -2.68. The van der Waals surface area contributed by atoms with Gasteiger partial charge in [-0.25, -0.2) is 0 Å². The van der Waals surface area contributed by atoms with E-state index in [-0.39, 0.29) is 4.02 Å². The number of halogens is 49. The van der Waals surface area contributed by atoms with E-state index < -0.39 is 23.0 Å². The van der Waals surface area contributed by atoms with Crippen molar-refractivity contribution in [2.24, 2.45) is 0 Å². The predicted molar refractivity (Wildman–Crippen MR) is 774 cm³/mol. The number of alkyl halides is 49. The van der Waals surface area contributed by atoms with E-state index in [2.05, 4.69) is 1110 Å². The zero-order valence-corrected chi connectivity index (χ0v) is 140. The third-order valence-electron chi connectivity index (χ3n) is 10.6. The Morgan fingerprint density at radius 2 is 0.525 bits per heavy atom.